The van der Waals surface area contributed by atoms with Crippen LogP contribution in [-0.2, 0) is 9.53 Å². The SMILES string of the molecule is CCCCCCCCCCCCCCCC(CC(=O)NC)C1OC1O. The standard InChI is InChI=1S/C21H41NO3/c1-3-4-5-6-7-8-9-10-11-12-13-14-15-16-18(17-19(23)22-2)20-21(24)25-20/h18,20-21,24H,3-17H2,1-2H3,(H,22,23). The van der Waals surface area contributed by atoms with Crippen molar-refractivity contribution in [1.82, 2.24) is 5.32 Å². The van der Waals surface area contributed by atoms with Gasteiger partial charge < -0.3 is 15.2 Å². The number of unbranched alkanes of at least 4 members (excludes halogenated alkanes) is 12. The third kappa shape index (κ3) is 11.6. The highest BCUT2D eigenvalue weighted by molar-refractivity contribution is 5.75. The second-order valence-corrected chi connectivity index (χ2v) is 7.66. The van der Waals surface area contributed by atoms with Gasteiger partial charge in [0.25, 0.3) is 0 Å². The number of hydrogen-bond acceptors (Lipinski definition) is 3. The maximum absolute atomic E-state index is 11.5. The van der Waals surface area contributed by atoms with E-state index in [9.17, 15) is 9.90 Å². The molecule has 0 saturated carbocycles. The molecule has 1 rings (SSSR count). The average molecular weight is 356 g/mol. The Balaban J connectivity index is 1.89. The molecule has 148 valence electrons. The van der Waals surface area contributed by atoms with E-state index in [1.54, 1.807) is 7.05 Å². The number of aliphatic hydroxyl groups is 1. The van der Waals surface area contributed by atoms with E-state index in [1.807, 2.05) is 0 Å². The molecule has 4 nitrogen and oxygen atoms in total. The molecule has 25 heavy (non-hydrogen) atoms. The summed E-state index contributed by atoms with van der Waals surface area (Å²) in [6.45, 7) is 2.27. The summed E-state index contributed by atoms with van der Waals surface area (Å²) in [5.74, 6) is 0.213. The van der Waals surface area contributed by atoms with E-state index in [2.05, 4.69) is 12.2 Å². The molecule has 0 aromatic heterocycles. The van der Waals surface area contributed by atoms with E-state index >= 15 is 0 Å². The quantitative estimate of drug-likeness (QED) is 0.287. The second-order valence-electron chi connectivity index (χ2n) is 7.66. The van der Waals surface area contributed by atoms with Crippen LogP contribution >= 0.6 is 0 Å². The maximum atomic E-state index is 11.5. The van der Waals surface area contributed by atoms with Gasteiger partial charge in [-0.2, -0.15) is 0 Å². The molecular weight excluding hydrogens is 314 g/mol. The smallest absolute Gasteiger partial charge is 0.220 e. The van der Waals surface area contributed by atoms with Crippen molar-refractivity contribution in [2.75, 3.05) is 7.05 Å². The van der Waals surface area contributed by atoms with Crippen LogP contribution in [0.15, 0.2) is 0 Å². The van der Waals surface area contributed by atoms with Crippen molar-refractivity contribution in [3.8, 4) is 0 Å². The molecule has 1 heterocycles. The fourth-order valence-electron chi connectivity index (χ4n) is 3.61. The summed E-state index contributed by atoms with van der Waals surface area (Å²) >= 11 is 0. The first-order valence-electron chi connectivity index (χ1n) is 10.7. The lowest BCUT2D eigenvalue weighted by atomic mass is 9.93. The molecule has 1 amide bonds. The van der Waals surface area contributed by atoms with E-state index in [0.29, 0.717) is 6.42 Å². The van der Waals surface area contributed by atoms with Gasteiger partial charge in [0.2, 0.25) is 5.91 Å². The Morgan fingerprint density at radius 2 is 1.36 bits per heavy atom. The van der Waals surface area contributed by atoms with Gasteiger partial charge in [-0.1, -0.05) is 90.4 Å². The van der Waals surface area contributed by atoms with Crippen molar-refractivity contribution in [2.45, 2.75) is 116 Å². The van der Waals surface area contributed by atoms with Gasteiger partial charge in [0, 0.05) is 13.5 Å². The van der Waals surface area contributed by atoms with Crippen LogP contribution in [0.3, 0.4) is 0 Å². The van der Waals surface area contributed by atoms with Gasteiger partial charge in [-0.3, -0.25) is 4.79 Å². The van der Waals surface area contributed by atoms with Crippen molar-refractivity contribution in [1.29, 1.82) is 0 Å². The van der Waals surface area contributed by atoms with Crippen LogP contribution in [0.4, 0.5) is 0 Å². The van der Waals surface area contributed by atoms with Gasteiger partial charge in [-0.05, 0) is 12.3 Å². The Morgan fingerprint density at radius 1 is 0.920 bits per heavy atom. The van der Waals surface area contributed by atoms with Crippen LogP contribution in [0, 0.1) is 5.92 Å². The van der Waals surface area contributed by atoms with E-state index < -0.39 is 6.29 Å². The zero-order valence-electron chi connectivity index (χ0n) is 16.6. The molecule has 0 aromatic rings. The largest absolute Gasteiger partial charge is 0.366 e. The number of rotatable bonds is 17. The predicted octanol–water partition coefficient (Wildman–Crippen LogP) is 4.94. The van der Waals surface area contributed by atoms with E-state index in [4.69, 9.17) is 4.74 Å². The minimum Gasteiger partial charge on any atom is -0.366 e. The Hall–Kier alpha value is -0.610. The van der Waals surface area contributed by atoms with Gasteiger partial charge in [-0.25, -0.2) is 0 Å². The van der Waals surface area contributed by atoms with Crippen LogP contribution in [-0.4, -0.2) is 30.5 Å². The first-order valence-corrected chi connectivity index (χ1v) is 10.7. The molecule has 3 unspecified atom stereocenters. The number of nitrogens with one attached hydrogen (secondary N) is 1. The third-order valence-corrected chi connectivity index (χ3v) is 5.37. The van der Waals surface area contributed by atoms with Crippen molar-refractivity contribution in [2.24, 2.45) is 5.92 Å². The molecule has 1 saturated heterocycles. The lowest BCUT2D eigenvalue weighted by molar-refractivity contribution is -0.121. The Kier molecular flexibility index (Phi) is 13.1. The molecule has 3 atom stereocenters. The summed E-state index contributed by atoms with van der Waals surface area (Å²) in [4.78, 5) is 11.5. The molecule has 0 radical (unpaired) electrons. The Bertz CT molecular complexity index is 335. The molecule has 0 bridgehead atoms. The van der Waals surface area contributed by atoms with Crippen molar-refractivity contribution < 1.29 is 14.6 Å². The second kappa shape index (κ2) is 14.5. The first kappa shape index (κ1) is 22.4. The van der Waals surface area contributed by atoms with Crippen molar-refractivity contribution >= 4 is 5.91 Å². The van der Waals surface area contributed by atoms with Crippen LogP contribution < -0.4 is 5.32 Å². The highest BCUT2D eigenvalue weighted by atomic mass is 16.7. The number of hydrogen-bond donors (Lipinski definition) is 2. The normalized spacial score (nSPS) is 20.4. The van der Waals surface area contributed by atoms with Gasteiger partial charge in [0.15, 0.2) is 6.29 Å². The predicted molar refractivity (Wildman–Crippen MR) is 103 cm³/mol. The van der Waals surface area contributed by atoms with Crippen molar-refractivity contribution in [3.63, 3.8) is 0 Å². The maximum Gasteiger partial charge on any atom is 0.220 e. The Labute approximate surface area is 155 Å². The molecule has 1 fully saturated rings. The van der Waals surface area contributed by atoms with Crippen LogP contribution in [0.2, 0.25) is 0 Å². The minimum atomic E-state index is -0.642. The summed E-state index contributed by atoms with van der Waals surface area (Å²) < 4.78 is 5.16. The highest BCUT2D eigenvalue weighted by Gasteiger charge is 2.43. The van der Waals surface area contributed by atoms with E-state index in [1.165, 1.54) is 77.0 Å². The molecule has 2 N–H and O–H groups in total. The number of carbonyl (C=O) groups excluding carboxylic acids is 1. The van der Waals surface area contributed by atoms with Crippen LogP contribution in [0.5, 0.6) is 0 Å². The first-order chi connectivity index (χ1) is 12.2. The lowest BCUT2D eigenvalue weighted by Gasteiger charge is -2.13. The van der Waals surface area contributed by atoms with Crippen LogP contribution in [0.1, 0.15) is 103 Å². The zero-order valence-corrected chi connectivity index (χ0v) is 16.6. The fourth-order valence-corrected chi connectivity index (χ4v) is 3.61. The number of aliphatic hydroxyl groups excluding tert-OH is 1. The number of ether oxygens (including phenoxy) is 1. The molecule has 1 aliphatic heterocycles. The Morgan fingerprint density at radius 3 is 1.76 bits per heavy atom. The third-order valence-electron chi connectivity index (χ3n) is 5.37. The molecule has 0 aromatic carbocycles. The highest BCUT2D eigenvalue weighted by Crippen LogP contribution is 2.33. The number of carbonyl (C=O) groups is 1. The number of epoxide rings is 1. The summed E-state index contributed by atoms with van der Waals surface area (Å²) in [6, 6.07) is 0. The zero-order chi connectivity index (χ0) is 18.3. The topological polar surface area (TPSA) is 61.9 Å². The fraction of sp³-hybridized carbons (Fsp3) is 0.952. The van der Waals surface area contributed by atoms with E-state index in [-0.39, 0.29) is 17.9 Å². The lowest BCUT2D eigenvalue weighted by Crippen LogP contribution is -2.24. The molecular formula is C21H41NO3. The molecule has 0 aliphatic carbocycles. The summed E-state index contributed by atoms with van der Waals surface area (Å²) in [6.07, 6.45) is 18.2. The minimum absolute atomic E-state index is 0.0439. The summed E-state index contributed by atoms with van der Waals surface area (Å²) in [5.41, 5.74) is 0. The van der Waals surface area contributed by atoms with E-state index in [0.717, 1.165) is 12.8 Å². The molecule has 4 heteroatoms. The van der Waals surface area contributed by atoms with Gasteiger partial charge >= 0.3 is 0 Å². The monoisotopic (exact) mass is 355 g/mol. The molecule has 1 aliphatic rings. The molecule has 0 spiro atoms. The van der Waals surface area contributed by atoms with Crippen molar-refractivity contribution in [3.05, 3.63) is 0 Å². The van der Waals surface area contributed by atoms with Gasteiger partial charge in [0.05, 0.1) is 0 Å². The number of amides is 1. The average Bonchev–Trinajstić information content (AvgIpc) is 3.34. The summed E-state index contributed by atoms with van der Waals surface area (Å²) in [7, 11) is 1.66. The summed E-state index contributed by atoms with van der Waals surface area (Å²) in [5, 5.41) is 12.1. The van der Waals surface area contributed by atoms with Gasteiger partial charge in [-0.15, -0.1) is 0 Å². The van der Waals surface area contributed by atoms with Crippen LogP contribution in [0.25, 0.3) is 0 Å². The van der Waals surface area contributed by atoms with Gasteiger partial charge in [0.1, 0.15) is 6.10 Å².